The van der Waals surface area contributed by atoms with Crippen LogP contribution < -0.4 is 15.4 Å². The van der Waals surface area contributed by atoms with Crippen molar-refractivity contribution in [3.05, 3.63) is 29.8 Å². The smallest absolute Gasteiger partial charge is 0.387 e. The summed E-state index contributed by atoms with van der Waals surface area (Å²) >= 11 is 1.67. The van der Waals surface area contributed by atoms with Crippen molar-refractivity contribution in [1.82, 2.24) is 0 Å². The number of rotatable bonds is 7. The summed E-state index contributed by atoms with van der Waals surface area (Å²) in [6.07, 6.45) is 3.13. The molecule has 0 saturated carbocycles. The molecule has 24 heavy (non-hydrogen) atoms. The van der Waals surface area contributed by atoms with Crippen LogP contribution in [-0.2, 0) is 0 Å². The third-order valence-electron chi connectivity index (χ3n) is 3.70. The number of nitrogens with one attached hydrogen (secondary N) is 2. The van der Waals surface area contributed by atoms with E-state index in [1.54, 1.807) is 30.9 Å². The number of aliphatic imine (C=N–C) groups is 1. The minimum absolute atomic E-state index is 0.143. The molecule has 4 nitrogen and oxygen atoms in total. The molecule has 0 spiro atoms. The molecule has 132 valence electrons. The molecule has 0 bridgehead atoms. The first kappa shape index (κ1) is 18.6. The van der Waals surface area contributed by atoms with Crippen molar-refractivity contribution in [2.45, 2.75) is 38.8 Å². The molecule has 2 N–H and O–H groups in total. The number of nitrogens with zero attached hydrogens (tertiary/aromatic N) is 1. The third-order valence-corrected chi connectivity index (χ3v) is 4.89. The van der Waals surface area contributed by atoms with Crippen LogP contribution in [0.5, 0.6) is 5.75 Å². The molecule has 0 radical (unpaired) electrons. The maximum atomic E-state index is 12.3. The molecule has 1 aliphatic heterocycles. The predicted octanol–water partition coefficient (Wildman–Crippen LogP) is 4.96. The van der Waals surface area contributed by atoms with Gasteiger partial charge in [-0.05, 0) is 38.0 Å². The highest BCUT2D eigenvalue weighted by Crippen LogP contribution is 2.41. The van der Waals surface area contributed by atoms with E-state index in [2.05, 4.69) is 40.3 Å². The van der Waals surface area contributed by atoms with E-state index in [-0.39, 0.29) is 5.75 Å². The molecule has 1 heterocycles. The maximum absolute atomic E-state index is 12.3. The Morgan fingerprint density at radius 2 is 2.08 bits per heavy atom. The fraction of sp³-hybridized carbons (Fsp3) is 0.471. The molecule has 1 atom stereocenters. The van der Waals surface area contributed by atoms with E-state index in [1.165, 1.54) is 11.6 Å². The van der Waals surface area contributed by atoms with Crippen molar-refractivity contribution >= 4 is 28.8 Å². The minimum Gasteiger partial charge on any atom is -0.435 e. The molecule has 1 aromatic rings. The summed E-state index contributed by atoms with van der Waals surface area (Å²) in [6.45, 7) is 3.35. The summed E-state index contributed by atoms with van der Waals surface area (Å²) in [7, 11) is 1.80. The van der Waals surface area contributed by atoms with Crippen LogP contribution >= 0.6 is 11.8 Å². The highest BCUT2D eigenvalue weighted by atomic mass is 32.2. The van der Waals surface area contributed by atoms with E-state index in [0.717, 1.165) is 29.3 Å². The van der Waals surface area contributed by atoms with Crippen molar-refractivity contribution in [2.24, 2.45) is 4.99 Å². The largest absolute Gasteiger partial charge is 0.435 e. The topological polar surface area (TPSA) is 45.6 Å². The fourth-order valence-corrected chi connectivity index (χ4v) is 3.67. The number of allylic oxidation sites excluding steroid dienone is 2. The van der Waals surface area contributed by atoms with Crippen molar-refractivity contribution in [3.8, 4) is 5.75 Å². The molecule has 0 fully saturated rings. The molecule has 0 aliphatic carbocycles. The second-order valence-corrected chi connectivity index (χ2v) is 7.02. The van der Waals surface area contributed by atoms with E-state index in [9.17, 15) is 8.78 Å². The van der Waals surface area contributed by atoms with Crippen LogP contribution in [0.4, 0.5) is 20.2 Å². The molecule has 0 saturated heterocycles. The Balaban J connectivity index is 2.03. The summed E-state index contributed by atoms with van der Waals surface area (Å²) in [4.78, 5) is 3.93. The Morgan fingerprint density at radius 1 is 1.38 bits per heavy atom. The van der Waals surface area contributed by atoms with Gasteiger partial charge in [0.25, 0.3) is 0 Å². The number of halogens is 2. The Hall–Kier alpha value is -1.76. The first-order valence-electron chi connectivity index (χ1n) is 7.79. The molecule has 0 aromatic heterocycles. The second kappa shape index (κ2) is 7.88. The van der Waals surface area contributed by atoms with Gasteiger partial charge in [0.2, 0.25) is 0 Å². The van der Waals surface area contributed by atoms with Gasteiger partial charge in [-0.25, -0.2) is 0 Å². The average molecular weight is 355 g/mol. The van der Waals surface area contributed by atoms with Crippen LogP contribution in [0.15, 0.2) is 34.8 Å². The average Bonchev–Trinajstić information content (AvgIpc) is 2.83. The molecule has 1 aromatic carbocycles. The summed E-state index contributed by atoms with van der Waals surface area (Å²) in [5.41, 5.74) is 3.84. The van der Waals surface area contributed by atoms with Gasteiger partial charge in [0.15, 0.2) is 4.99 Å². The van der Waals surface area contributed by atoms with Crippen LogP contribution in [0.2, 0.25) is 0 Å². The lowest BCUT2D eigenvalue weighted by Gasteiger charge is -2.25. The Morgan fingerprint density at radius 3 is 2.71 bits per heavy atom. The molecule has 1 aliphatic rings. The van der Waals surface area contributed by atoms with Crippen LogP contribution in [0.25, 0.3) is 0 Å². The van der Waals surface area contributed by atoms with Crippen LogP contribution in [-0.4, -0.2) is 30.1 Å². The number of fused-ring (bicyclic) bond motifs is 1. The number of hydrogen-bond donors (Lipinski definition) is 2. The quantitative estimate of drug-likeness (QED) is 0.679. The zero-order chi connectivity index (χ0) is 17.7. The van der Waals surface area contributed by atoms with Crippen molar-refractivity contribution in [3.63, 3.8) is 0 Å². The summed E-state index contributed by atoms with van der Waals surface area (Å²) in [5.74, 6) is 0.883. The Kier molecular flexibility index (Phi) is 6.10. The first-order chi connectivity index (χ1) is 11.4. The van der Waals surface area contributed by atoms with Crippen molar-refractivity contribution in [1.29, 1.82) is 0 Å². The van der Waals surface area contributed by atoms with Gasteiger partial charge in [-0.2, -0.15) is 8.78 Å². The van der Waals surface area contributed by atoms with Gasteiger partial charge in [-0.3, -0.25) is 4.99 Å². The van der Waals surface area contributed by atoms with E-state index < -0.39 is 11.6 Å². The van der Waals surface area contributed by atoms with E-state index in [0.29, 0.717) is 0 Å². The van der Waals surface area contributed by atoms with E-state index in [4.69, 9.17) is 0 Å². The van der Waals surface area contributed by atoms with Crippen LogP contribution in [0.3, 0.4) is 0 Å². The van der Waals surface area contributed by atoms with E-state index >= 15 is 0 Å². The molecule has 1 unspecified atom stereocenters. The molecule has 0 amide bonds. The molecular weight excluding hydrogens is 332 g/mol. The number of anilines is 2. The van der Waals surface area contributed by atoms with Gasteiger partial charge < -0.3 is 15.4 Å². The van der Waals surface area contributed by atoms with Gasteiger partial charge in [-0.15, -0.1) is 11.8 Å². The number of ether oxygens (including phenoxy) is 1. The molecular formula is C17H23F2N3OS. The Bertz CT molecular complexity index is 649. The summed E-state index contributed by atoms with van der Waals surface area (Å²) < 4.78 is 29.1. The van der Waals surface area contributed by atoms with Gasteiger partial charge in [-0.1, -0.05) is 13.0 Å². The summed E-state index contributed by atoms with van der Waals surface area (Å²) in [6, 6.07) is 4.85. The second-order valence-electron chi connectivity index (χ2n) is 5.62. The zero-order valence-corrected chi connectivity index (χ0v) is 15.1. The fourth-order valence-electron chi connectivity index (χ4n) is 2.52. The zero-order valence-electron chi connectivity index (χ0n) is 14.3. The highest BCUT2D eigenvalue weighted by molar-refractivity contribution is 8.01. The van der Waals surface area contributed by atoms with Crippen molar-refractivity contribution in [2.75, 3.05) is 23.4 Å². The number of alkyl halides is 2. The number of thioether (sulfide) groups is 1. The lowest BCUT2D eigenvalue weighted by atomic mass is 10.2. The van der Waals surface area contributed by atoms with E-state index in [1.807, 2.05) is 6.92 Å². The van der Waals surface area contributed by atoms with Gasteiger partial charge in [0, 0.05) is 24.6 Å². The lowest BCUT2D eigenvalue weighted by molar-refractivity contribution is -0.0497. The lowest BCUT2D eigenvalue weighted by Crippen LogP contribution is -2.35. The van der Waals surface area contributed by atoms with Crippen molar-refractivity contribution < 1.29 is 13.5 Å². The van der Waals surface area contributed by atoms with Gasteiger partial charge in [0.1, 0.15) is 5.75 Å². The third kappa shape index (κ3) is 4.63. The molecule has 7 heteroatoms. The highest BCUT2D eigenvalue weighted by Gasteiger charge is 2.32. The normalized spacial score (nSPS) is 20.6. The van der Waals surface area contributed by atoms with Gasteiger partial charge in [0.05, 0.1) is 11.4 Å². The minimum atomic E-state index is -2.82. The Labute approximate surface area is 145 Å². The van der Waals surface area contributed by atoms with Crippen LogP contribution in [0.1, 0.15) is 27.2 Å². The SMILES string of the molecule is CCC=C(C)C(CSC1(C)Nc2ccc(OC(F)F)cc2N1)=NC. The first-order valence-corrected chi connectivity index (χ1v) is 8.77. The standard InChI is InChI=1S/C17H23F2N3OS/c1-5-6-11(2)15(20-4)10-24-17(3)21-13-8-7-12(23-16(18)19)9-14(13)22-17/h6-9,16,21-22H,5,10H2,1-4H3. The monoisotopic (exact) mass is 355 g/mol. The number of hydrogen-bond acceptors (Lipinski definition) is 5. The van der Waals surface area contributed by atoms with Crippen LogP contribution in [0, 0.1) is 0 Å². The number of benzene rings is 1. The van der Waals surface area contributed by atoms with Gasteiger partial charge >= 0.3 is 6.61 Å². The molecule has 2 rings (SSSR count). The predicted molar refractivity (Wildman–Crippen MR) is 98.6 cm³/mol. The summed E-state index contributed by atoms with van der Waals surface area (Å²) in [5, 5.41) is 6.70. The maximum Gasteiger partial charge on any atom is 0.387 e.